The van der Waals surface area contributed by atoms with Crippen LogP contribution in [0.1, 0.15) is 54.9 Å². The molecule has 4 heteroatoms. The number of amides is 1. The van der Waals surface area contributed by atoms with Crippen LogP contribution in [0.15, 0.2) is 16.6 Å². The number of hydrogen-bond donors (Lipinski definition) is 2. The van der Waals surface area contributed by atoms with Gasteiger partial charge in [0.25, 0.3) is 5.91 Å². The molecule has 1 aromatic carbocycles. The molecule has 0 aromatic heterocycles. The largest absolute Gasteiger partial charge is 0.398 e. The summed E-state index contributed by atoms with van der Waals surface area (Å²) in [7, 11) is 0. The summed E-state index contributed by atoms with van der Waals surface area (Å²) in [5.74, 6) is 1.50. The third-order valence-corrected chi connectivity index (χ3v) is 5.21. The van der Waals surface area contributed by atoms with E-state index in [0.717, 1.165) is 22.5 Å². The lowest BCUT2D eigenvalue weighted by molar-refractivity contribution is 0.0940. The first kappa shape index (κ1) is 16.3. The molecule has 3 N–H and O–H groups in total. The van der Waals surface area contributed by atoms with Gasteiger partial charge in [0.15, 0.2) is 0 Å². The molecule has 1 amide bonds. The number of nitrogens with two attached hydrogens (primary N) is 1. The van der Waals surface area contributed by atoms with Crippen molar-refractivity contribution in [3.05, 3.63) is 27.7 Å². The molecule has 1 saturated carbocycles. The minimum atomic E-state index is -0.0156. The first-order valence-electron chi connectivity index (χ1n) is 7.85. The molecule has 1 fully saturated rings. The molecular formula is C17H25BrN2O. The van der Waals surface area contributed by atoms with E-state index in [1.807, 2.05) is 19.1 Å². The van der Waals surface area contributed by atoms with Crippen LogP contribution in [0.2, 0.25) is 0 Å². The summed E-state index contributed by atoms with van der Waals surface area (Å²) < 4.78 is 0.846. The molecule has 0 spiro atoms. The fraction of sp³-hybridized carbons (Fsp3) is 0.588. The van der Waals surface area contributed by atoms with Gasteiger partial charge in [-0.3, -0.25) is 4.79 Å². The van der Waals surface area contributed by atoms with Crippen molar-refractivity contribution in [3.63, 3.8) is 0 Å². The lowest BCUT2D eigenvalue weighted by Crippen LogP contribution is -2.31. The van der Waals surface area contributed by atoms with E-state index in [4.69, 9.17) is 5.73 Å². The zero-order valence-corrected chi connectivity index (χ0v) is 14.5. The van der Waals surface area contributed by atoms with E-state index in [9.17, 15) is 4.79 Å². The summed E-state index contributed by atoms with van der Waals surface area (Å²) in [6.45, 7) is 4.94. The topological polar surface area (TPSA) is 55.1 Å². The summed E-state index contributed by atoms with van der Waals surface area (Å²) in [6, 6.07) is 3.67. The van der Waals surface area contributed by atoms with Crippen molar-refractivity contribution in [3.8, 4) is 0 Å². The molecule has 2 rings (SSSR count). The normalized spacial score (nSPS) is 22.0. The molecule has 1 aliphatic carbocycles. The Balaban J connectivity index is 1.91. The van der Waals surface area contributed by atoms with Crippen molar-refractivity contribution >= 4 is 27.5 Å². The maximum Gasteiger partial charge on any atom is 0.251 e. The van der Waals surface area contributed by atoms with Crippen molar-refractivity contribution in [2.24, 2.45) is 11.8 Å². The Labute approximate surface area is 135 Å². The van der Waals surface area contributed by atoms with E-state index in [2.05, 4.69) is 28.2 Å². The van der Waals surface area contributed by atoms with Crippen LogP contribution in [0.25, 0.3) is 0 Å². The highest BCUT2D eigenvalue weighted by Gasteiger charge is 2.21. The highest BCUT2D eigenvalue weighted by Crippen LogP contribution is 2.30. The lowest BCUT2D eigenvalue weighted by atomic mass is 9.81. The fourth-order valence-corrected chi connectivity index (χ4v) is 3.59. The van der Waals surface area contributed by atoms with Crippen LogP contribution in [0.4, 0.5) is 5.69 Å². The standard InChI is InChI=1S/C17H25BrN2O/c1-3-12-4-6-13(7-5-12)10-20-17(21)15-8-14(18)9-16(19)11(15)2/h8-9,12-13H,3-7,10,19H2,1-2H3,(H,20,21). The Kier molecular flexibility index (Phi) is 5.68. The molecule has 0 atom stereocenters. The number of benzene rings is 1. The van der Waals surface area contributed by atoms with Gasteiger partial charge < -0.3 is 11.1 Å². The number of carbonyl (C=O) groups is 1. The molecule has 0 bridgehead atoms. The molecule has 116 valence electrons. The fourth-order valence-electron chi connectivity index (χ4n) is 3.11. The van der Waals surface area contributed by atoms with Crippen molar-refractivity contribution < 1.29 is 4.79 Å². The Bertz CT molecular complexity index is 508. The molecule has 21 heavy (non-hydrogen) atoms. The zero-order chi connectivity index (χ0) is 15.4. The molecular weight excluding hydrogens is 328 g/mol. The molecule has 0 unspecified atom stereocenters. The highest BCUT2D eigenvalue weighted by molar-refractivity contribution is 9.10. The van der Waals surface area contributed by atoms with Gasteiger partial charge in [0.1, 0.15) is 0 Å². The van der Waals surface area contributed by atoms with E-state index in [1.54, 1.807) is 0 Å². The van der Waals surface area contributed by atoms with Gasteiger partial charge in [0, 0.05) is 22.3 Å². The van der Waals surface area contributed by atoms with Crippen LogP contribution in [0, 0.1) is 18.8 Å². The summed E-state index contributed by atoms with van der Waals surface area (Å²) in [6.07, 6.45) is 6.37. The van der Waals surface area contributed by atoms with Gasteiger partial charge in [-0.1, -0.05) is 42.1 Å². The zero-order valence-electron chi connectivity index (χ0n) is 12.9. The second-order valence-electron chi connectivity index (χ2n) is 6.17. The Morgan fingerprint density at radius 2 is 1.90 bits per heavy atom. The molecule has 0 saturated heterocycles. The first-order chi connectivity index (χ1) is 10.0. The minimum Gasteiger partial charge on any atom is -0.398 e. The minimum absolute atomic E-state index is 0.0156. The van der Waals surface area contributed by atoms with E-state index < -0.39 is 0 Å². The monoisotopic (exact) mass is 352 g/mol. The molecule has 1 aromatic rings. The van der Waals surface area contributed by atoms with Crippen LogP contribution >= 0.6 is 15.9 Å². The Morgan fingerprint density at radius 3 is 2.52 bits per heavy atom. The molecule has 1 aliphatic rings. The Hall–Kier alpha value is -1.03. The van der Waals surface area contributed by atoms with Crippen LogP contribution in [-0.4, -0.2) is 12.5 Å². The van der Waals surface area contributed by atoms with Gasteiger partial charge in [0.2, 0.25) is 0 Å². The average molecular weight is 353 g/mol. The number of nitrogen functional groups attached to an aromatic ring is 1. The Morgan fingerprint density at radius 1 is 1.29 bits per heavy atom. The first-order valence-corrected chi connectivity index (χ1v) is 8.64. The number of rotatable bonds is 4. The highest BCUT2D eigenvalue weighted by atomic mass is 79.9. The van der Waals surface area contributed by atoms with Crippen LogP contribution < -0.4 is 11.1 Å². The van der Waals surface area contributed by atoms with Gasteiger partial charge in [-0.25, -0.2) is 0 Å². The lowest BCUT2D eigenvalue weighted by Gasteiger charge is -2.27. The maximum absolute atomic E-state index is 12.3. The van der Waals surface area contributed by atoms with Crippen LogP contribution in [0.3, 0.4) is 0 Å². The van der Waals surface area contributed by atoms with Crippen molar-refractivity contribution in [2.45, 2.75) is 46.0 Å². The van der Waals surface area contributed by atoms with E-state index in [1.165, 1.54) is 32.1 Å². The predicted octanol–water partition coefficient (Wildman–Crippen LogP) is 4.29. The third-order valence-electron chi connectivity index (χ3n) is 4.75. The van der Waals surface area contributed by atoms with Crippen LogP contribution in [-0.2, 0) is 0 Å². The third kappa shape index (κ3) is 4.22. The second-order valence-corrected chi connectivity index (χ2v) is 7.09. The number of hydrogen-bond acceptors (Lipinski definition) is 2. The summed E-state index contributed by atoms with van der Waals surface area (Å²) >= 11 is 3.40. The van der Waals surface area contributed by atoms with Gasteiger partial charge >= 0.3 is 0 Å². The quantitative estimate of drug-likeness (QED) is 0.794. The maximum atomic E-state index is 12.3. The van der Waals surface area contributed by atoms with Gasteiger partial charge in [0.05, 0.1) is 0 Å². The summed E-state index contributed by atoms with van der Waals surface area (Å²) in [5.41, 5.74) is 8.09. The van der Waals surface area contributed by atoms with Crippen molar-refractivity contribution in [1.82, 2.24) is 5.32 Å². The average Bonchev–Trinajstić information content (AvgIpc) is 2.49. The van der Waals surface area contributed by atoms with Gasteiger partial charge in [-0.05, 0) is 49.3 Å². The summed E-state index contributed by atoms with van der Waals surface area (Å²) in [5, 5.41) is 3.08. The molecule has 0 radical (unpaired) electrons. The summed E-state index contributed by atoms with van der Waals surface area (Å²) in [4.78, 5) is 12.3. The number of halogens is 1. The van der Waals surface area contributed by atoms with Crippen molar-refractivity contribution in [2.75, 3.05) is 12.3 Å². The number of nitrogens with one attached hydrogen (secondary N) is 1. The molecule has 0 aliphatic heterocycles. The van der Waals surface area contributed by atoms with Gasteiger partial charge in [-0.2, -0.15) is 0 Å². The SMILES string of the molecule is CCC1CCC(CNC(=O)c2cc(Br)cc(N)c2C)CC1. The predicted molar refractivity (Wildman–Crippen MR) is 91.4 cm³/mol. The van der Waals surface area contributed by atoms with E-state index >= 15 is 0 Å². The molecule has 0 heterocycles. The van der Waals surface area contributed by atoms with Gasteiger partial charge in [-0.15, -0.1) is 0 Å². The number of anilines is 1. The second kappa shape index (κ2) is 7.30. The number of carbonyl (C=O) groups excluding carboxylic acids is 1. The van der Waals surface area contributed by atoms with E-state index in [0.29, 0.717) is 17.2 Å². The van der Waals surface area contributed by atoms with Crippen LogP contribution in [0.5, 0.6) is 0 Å². The smallest absolute Gasteiger partial charge is 0.251 e. The van der Waals surface area contributed by atoms with E-state index in [-0.39, 0.29) is 5.91 Å². The molecule has 3 nitrogen and oxygen atoms in total. The van der Waals surface area contributed by atoms with Crippen molar-refractivity contribution in [1.29, 1.82) is 0 Å².